The highest BCUT2D eigenvalue weighted by molar-refractivity contribution is 7.17. The molecule has 1 amide bonds. The van der Waals surface area contributed by atoms with Gasteiger partial charge in [0.05, 0.1) is 19.8 Å². The normalized spacial score (nSPS) is 10.5. The predicted molar refractivity (Wildman–Crippen MR) is 95.3 cm³/mol. The van der Waals surface area contributed by atoms with E-state index in [2.05, 4.69) is 20.5 Å². The van der Waals surface area contributed by atoms with Crippen LogP contribution in [0.25, 0.3) is 11.1 Å². The maximum Gasteiger partial charge on any atom is 0.295 e. The zero-order valence-electron chi connectivity index (χ0n) is 14.2. The van der Waals surface area contributed by atoms with Crippen LogP contribution in [0.1, 0.15) is 16.1 Å². The van der Waals surface area contributed by atoms with Crippen LogP contribution < -0.4 is 14.8 Å². The number of nitrogens with zero attached hydrogens (tertiary/aromatic N) is 3. The summed E-state index contributed by atoms with van der Waals surface area (Å²) in [6.45, 7) is 1.77. The van der Waals surface area contributed by atoms with Crippen molar-refractivity contribution in [3.8, 4) is 22.1 Å². The van der Waals surface area contributed by atoms with Gasteiger partial charge in [0.2, 0.25) is 5.13 Å². The summed E-state index contributed by atoms with van der Waals surface area (Å²) >= 11 is 1.08. The highest BCUT2D eigenvalue weighted by atomic mass is 32.1. The number of aromatic nitrogens is 3. The summed E-state index contributed by atoms with van der Waals surface area (Å²) in [7, 11) is 2.92. The largest absolute Gasteiger partial charge is 0.497 e. The van der Waals surface area contributed by atoms with Crippen molar-refractivity contribution in [2.45, 2.75) is 6.92 Å². The Morgan fingerprint density at radius 1 is 1.15 bits per heavy atom. The molecule has 2 heterocycles. The van der Waals surface area contributed by atoms with E-state index in [1.807, 2.05) is 0 Å². The molecule has 1 N–H and O–H groups in total. The Bertz CT molecular complexity index is 961. The fourth-order valence-electron chi connectivity index (χ4n) is 2.31. The molecule has 0 aliphatic heterocycles. The first-order valence-corrected chi connectivity index (χ1v) is 8.33. The summed E-state index contributed by atoms with van der Waals surface area (Å²) in [5.74, 6) is -0.577. The Balaban J connectivity index is 1.99. The van der Waals surface area contributed by atoms with E-state index in [-0.39, 0.29) is 16.3 Å². The second-order valence-corrected chi connectivity index (χ2v) is 6.19. The summed E-state index contributed by atoms with van der Waals surface area (Å²) in [6.07, 6.45) is 1.40. The Hall–Kier alpha value is -3.07. The van der Waals surface area contributed by atoms with E-state index < -0.39 is 11.7 Å². The molecule has 9 heteroatoms. The van der Waals surface area contributed by atoms with E-state index in [9.17, 15) is 9.18 Å². The molecule has 0 saturated carbocycles. The maximum atomic E-state index is 14.5. The van der Waals surface area contributed by atoms with Crippen molar-refractivity contribution in [3.63, 3.8) is 0 Å². The fourth-order valence-corrected chi connectivity index (χ4v) is 2.87. The van der Waals surface area contributed by atoms with E-state index in [4.69, 9.17) is 9.47 Å². The topological polar surface area (TPSA) is 86.2 Å². The van der Waals surface area contributed by atoms with E-state index in [0.29, 0.717) is 22.2 Å². The molecule has 2 aromatic heterocycles. The molecular weight excluding hydrogens is 359 g/mol. The van der Waals surface area contributed by atoms with Crippen molar-refractivity contribution < 1.29 is 18.7 Å². The Morgan fingerprint density at radius 3 is 2.62 bits per heavy atom. The molecule has 0 aliphatic carbocycles. The number of pyridine rings is 1. The lowest BCUT2D eigenvalue weighted by Gasteiger charge is -2.11. The van der Waals surface area contributed by atoms with Gasteiger partial charge in [0.15, 0.2) is 0 Å². The van der Waals surface area contributed by atoms with Crippen LogP contribution in [0, 0.1) is 12.7 Å². The zero-order valence-corrected chi connectivity index (χ0v) is 15.1. The molecule has 134 valence electrons. The van der Waals surface area contributed by atoms with Crippen LogP contribution in [0.5, 0.6) is 10.9 Å². The first kappa shape index (κ1) is 17.7. The van der Waals surface area contributed by atoms with Gasteiger partial charge in [-0.3, -0.25) is 15.1 Å². The minimum atomic E-state index is -0.499. The first-order chi connectivity index (χ1) is 12.5. The standard InChI is InChI=1S/C17H15FN4O3S/c1-9-6-12(11-5-4-10(24-2)7-14(11)18)13(8-19-9)15(23)20-16-21-22-17(25-3)26-16/h4-8H,1-3H3,(H,20,21,23). The van der Waals surface area contributed by atoms with Gasteiger partial charge in [0, 0.05) is 29.1 Å². The van der Waals surface area contributed by atoms with Crippen LogP contribution in [0.2, 0.25) is 0 Å². The number of halogens is 1. The number of hydrogen-bond acceptors (Lipinski definition) is 7. The second-order valence-electron chi connectivity index (χ2n) is 5.25. The third-order valence-electron chi connectivity index (χ3n) is 3.55. The minimum Gasteiger partial charge on any atom is -0.497 e. The SMILES string of the molecule is COc1ccc(-c2cc(C)ncc2C(=O)Nc2nnc(OC)s2)c(F)c1. The van der Waals surface area contributed by atoms with Crippen LogP contribution in [0.4, 0.5) is 9.52 Å². The fraction of sp³-hybridized carbons (Fsp3) is 0.176. The summed E-state index contributed by atoms with van der Waals surface area (Å²) in [6, 6.07) is 6.11. The zero-order chi connectivity index (χ0) is 18.7. The van der Waals surface area contributed by atoms with Crippen LogP contribution in [0.3, 0.4) is 0 Å². The number of rotatable bonds is 5. The van der Waals surface area contributed by atoms with Gasteiger partial charge in [-0.2, -0.15) is 0 Å². The van der Waals surface area contributed by atoms with Gasteiger partial charge in [0.1, 0.15) is 11.6 Å². The third-order valence-corrected chi connectivity index (χ3v) is 4.35. The van der Waals surface area contributed by atoms with Crippen molar-refractivity contribution >= 4 is 22.4 Å². The van der Waals surface area contributed by atoms with Crippen molar-refractivity contribution in [1.29, 1.82) is 0 Å². The van der Waals surface area contributed by atoms with Gasteiger partial charge in [-0.25, -0.2) is 4.39 Å². The third kappa shape index (κ3) is 3.62. The lowest BCUT2D eigenvalue weighted by atomic mass is 9.99. The molecule has 3 aromatic rings. The van der Waals surface area contributed by atoms with Gasteiger partial charge in [-0.05, 0) is 36.5 Å². The van der Waals surface area contributed by atoms with Crippen molar-refractivity contribution in [3.05, 3.63) is 47.5 Å². The van der Waals surface area contributed by atoms with Crippen LogP contribution in [-0.2, 0) is 0 Å². The number of hydrogen-bond donors (Lipinski definition) is 1. The average molecular weight is 374 g/mol. The molecule has 0 aliphatic rings. The van der Waals surface area contributed by atoms with E-state index in [1.165, 1.54) is 26.5 Å². The highest BCUT2D eigenvalue weighted by Gasteiger charge is 2.18. The molecule has 0 saturated heterocycles. The van der Waals surface area contributed by atoms with E-state index >= 15 is 0 Å². The maximum absolute atomic E-state index is 14.5. The van der Waals surface area contributed by atoms with Gasteiger partial charge in [-0.15, -0.1) is 5.10 Å². The molecular formula is C17H15FN4O3S. The lowest BCUT2D eigenvalue weighted by Crippen LogP contribution is -2.14. The van der Waals surface area contributed by atoms with Gasteiger partial charge < -0.3 is 9.47 Å². The molecule has 0 radical (unpaired) electrons. The predicted octanol–water partition coefficient (Wildman–Crippen LogP) is 3.32. The number of carbonyl (C=O) groups is 1. The van der Waals surface area contributed by atoms with Gasteiger partial charge >= 0.3 is 0 Å². The molecule has 26 heavy (non-hydrogen) atoms. The Morgan fingerprint density at radius 2 is 1.96 bits per heavy atom. The minimum absolute atomic E-state index is 0.217. The number of nitrogens with one attached hydrogen (secondary N) is 1. The molecule has 0 unspecified atom stereocenters. The number of anilines is 1. The highest BCUT2D eigenvalue weighted by Crippen LogP contribution is 2.30. The van der Waals surface area contributed by atoms with Crippen LogP contribution >= 0.6 is 11.3 Å². The second kappa shape index (κ2) is 7.44. The van der Waals surface area contributed by atoms with E-state index in [1.54, 1.807) is 25.1 Å². The number of amides is 1. The van der Waals surface area contributed by atoms with Gasteiger partial charge in [-0.1, -0.05) is 5.10 Å². The molecule has 3 rings (SSSR count). The number of methoxy groups -OCH3 is 2. The number of benzene rings is 1. The molecule has 0 bridgehead atoms. The summed E-state index contributed by atoms with van der Waals surface area (Å²) in [5, 5.41) is 10.8. The number of aryl methyl sites for hydroxylation is 1. The van der Waals surface area contributed by atoms with Crippen molar-refractivity contribution in [2.24, 2.45) is 0 Å². The number of carbonyl (C=O) groups excluding carboxylic acids is 1. The van der Waals surface area contributed by atoms with Gasteiger partial charge in [0.25, 0.3) is 11.1 Å². The average Bonchev–Trinajstić information content (AvgIpc) is 3.09. The van der Waals surface area contributed by atoms with Crippen molar-refractivity contribution in [2.75, 3.05) is 19.5 Å². The first-order valence-electron chi connectivity index (χ1n) is 7.51. The molecule has 0 atom stereocenters. The lowest BCUT2D eigenvalue weighted by molar-refractivity contribution is 0.102. The quantitative estimate of drug-likeness (QED) is 0.737. The van der Waals surface area contributed by atoms with Crippen molar-refractivity contribution in [1.82, 2.24) is 15.2 Å². The monoisotopic (exact) mass is 374 g/mol. The number of ether oxygens (including phenoxy) is 2. The molecule has 1 aromatic carbocycles. The van der Waals surface area contributed by atoms with Crippen LogP contribution in [0.15, 0.2) is 30.5 Å². The molecule has 0 spiro atoms. The Kier molecular flexibility index (Phi) is 5.08. The van der Waals surface area contributed by atoms with Crippen LogP contribution in [-0.4, -0.2) is 35.3 Å². The Labute approximate surface area is 152 Å². The van der Waals surface area contributed by atoms with E-state index in [0.717, 1.165) is 11.3 Å². The summed E-state index contributed by atoms with van der Waals surface area (Å²) < 4.78 is 24.5. The molecule has 0 fully saturated rings. The summed E-state index contributed by atoms with van der Waals surface area (Å²) in [5.41, 5.74) is 1.57. The smallest absolute Gasteiger partial charge is 0.295 e. The molecule has 7 nitrogen and oxygen atoms in total. The summed E-state index contributed by atoms with van der Waals surface area (Å²) in [4.78, 5) is 16.8.